The Bertz CT molecular complexity index is 543. The van der Waals surface area contributed by atoms with Crippen LogP contribution in [0.3, 0.4) is 0 Å². The Kier molecular flexibility index (Phi) is 2.55. The molecule has 4 nitrogen and oxygen atoms in total. The van der Waals surface area contributed by atoms with Gasteiger partial charge in [-0.2, -0.15) is 0 Å². The Morgan fingerprint density at radius 3 is 2.69 bits per heavy atom. The molecule has 80 valence electrons. The lowest BCUT2D eigenvalue weighted by atomic mass is 10.0. The normalized spacial score (nSPS) is 10.0. The fourth-order valence-corrected chi connectivity index (χ4v) is 1.54. The molecule has 16 heavy (non-hydrogen) atoms. The zero-order chi connectivity index (χ0) is 11.5. The van der Waals surface area contributed by atoms with Crippen LogP contribution in [-0.2, 0) is 0 Å². The molecule has 2 rings (SSSR count). The Morgan fingerprint density at radius 2 is 2.06 bits per heavy atom. The Morgan fingerprint density at radius 1 is 1.31 bits per heavy atom. The number of hydrogen-bond donors (Lipinski definition) is 2. The van der Waals surface area contributed by atoms with Gasteiger partial charge in [0.2, 0.25) is 0 Å². The van der Waals surface area contributed by atoms with Gasteiger partial charge in [0.1, 0.15) is 5.69 Å². The van der Waals surface area contributed by atoms with Crippen molar-refractivity contribution in [3.8, 4) is 11.1 Å². The van der Waals surface area contributed by atoms with Crippen molar-refractivity contribution in [1.82, 2.24) is 4.98 Å². The van der Waals surface area contributed by atoms with Gasteiger partial charge in [0.25, 0.3) is 0 Å². The van der Waals surface area contributed by atoms with Crippen LogP contribution in [0.15, 0.2) is 36.5 Å². The predicted molar refractivity (Wildman–Crippen MR) is 58.6 cm³/mol. The molecule has 1 aromatic heterocycles. The molecular weight excluding hydrogens is 206 g/mol. The lowest BCUT2D eigenvalue weighted by molar-refractivity contribution is 0.0691. The summed E-state index contributed by atoms with van der Waals surface area (Å²) in [5.74, 6) is -1.02. The van der Waals surface area contributed by atoms with Crippen LogP contribution < -0.4 is 0 Å². The summed E-state index contributed by atoms with van der Waals surface area (Å²) in [5, 5.41) is 8.77. The van der Waals surface area contributed by atoms with Crippen LogP contribution in [-0.4, -0.2) is 22.3 Å². The third-order valence-electron chi connectivity index (χ3n) is 2.31. The molecule has 0 aliphatic carbocycles. The maximum atomic E-state index is 10.8. The van der Waals surface area contributed by atoms with E-state index in [2.05, 4.69) is 4.98 Å². The fourth-order valence-electron chi connectivity index (χ4n) is 1.54. The summed E-state index contributed by atoms with van der Waals surface area (Å²) in [6, 6.07) is 8.53. The van der Waals surface area contributed by atoms with E-state index in [4.69, 9.17) is 5.11 Å². The molecule has 0 saturated carbocycles. The van der Waals surface area contributed by atoms with Gasteiger partial charge in [-0.1, -0.05) is 24.3 Å². The van der Waals surface area contributed by atoms with Gasteiger partial charge in [-0.15, -0.1) is 0 Å². The van der Waals surface area contributed by atoms with Gasteiger partial charge in [0.15, 0.2) is 6.29 Å². The number of aromatic amines is 1. The van der Waals surface area contributed by atoms with E-state index in [1.54, 1.807) is 30.5 Å². The molecule has 0 aliphatic rings. The third kappa shape index (κ3) is 1.72. The summed E-state index contributed by atoms with van der Waals surface area (Å²) in [5.41, 5.74) is 2.07. The van der Waals surface area contributed by atoms with Gasteiger partial charge in [-0.05, 0) is 11.6 Å². The number of aromatic carboxylic acids is 1. The molecular formula is C12H9NO3. The number of aldehydes is 1. The van der Waals surface area contributed by atoms with E-state index in [-0.39, 0.29) is 5.69 Å². The monoisotopic (exact) mass is 215 g/mol. The SMILES string of the molecule is O=Cc1ccccc1-c1c[nH]c(C(=O)O)c1. The smallest absolute Gasteiger partial charge is 0.352 e. The van der Waals surface area contributed by atoms with Crippen molar-refractivity contribution < 1.29 is 14.7 Å². The van der Waals surface area contributed by atoms with Gasteiger partial charge in [0, 0.05) is 17.3 Å². The second kappa shape index (κ2) is 4.02. The Hall–Kier alpha value is -2.36. The van der Waals surface area contributed by atoms with E-state index in [1.807, 2.05) is 0 Å². The van der Waals surface area contributed by atoms with Crippen molar-refractivity contribution in [2.24, 2.45) is 0 Å². The highest BCUT2D eigenvalue weighted by Gasteiger charge is 2.09. The molecule has 2 aromatic rings. The van der Waals surface area contributed by atoms with Gasteiger partial charge >= 0.3 is 5.97 Å². The Balaban J connectivity index is 2.50. The third-order valence-corrected chi connectivity index (χ3v) is 2.31. The maximum Gasteiger partial charge on any atom is 0.352 e. The number of H-pyrrole nitrogens is 1. The van der Waals surface area contributed by atoms with E-state index < -0.39 is 5.97 Å². The number of carboxylic acid groups (broad SMARTS) is 1. The van der Waals surface area contributed by atoms with Crippen LogP contribution in [0.5, 0.6) is 0 Å². The number of carbonyl (C=O) groups excluding carboxylic acids is 1. The minimum atomic E-state index is -1.02. The summed E-state index contributed by atoms with van der Waals surface area (Å²) >= 11 is 0. The second-order valence-corrected chi connectivity index (χ2v) is 3.31. The largest absolute Gasteiger partial charge is 0.477 e. The summed E-state index contributed by atoms with van der Waals surface area (Å²) in [7, 11) is 0. The maximum absolute atomic E-state index is 10.8. The van der Waals surface area contributed by atoms with E-state index in [1.165, 1.54) is 6.07 Å². The molecule has 0 atom stereocenters. The fraction of sp³-hybridized carbons (Fsp3) is 0. The van der Waals surface area contributed by atoms with Gasteiger partial charge in [0.05, 0.1) is 0 Å². The first kappa shape index (κ1) is 10.2. The molecule has 0 saturated heterocycles. The number of carbonyl (C=O) groups is 2. The minimum absolute atomic E-state index is 0.107. The minimum Gasteiger partial charge on any atom is -0.477 e. The lowest BCUT2D eigenvalue weighted by Gasteiger charge is -2.00. The number of benzene rings is 1. The molecule has 0 spiro atoms. The van der Waals surface area contributed by atoms with E-state index in [0.29, 0.717) is 11.1 Å². The van der Waals surface area contributed by atoms with Crippen molar-refractivity contribution in [1.29, 1.82) is 0 Å². The molecule has 0 amide bonds. The number of hydrogen-bond acceptors (Lipinski definition) is 2. The van der Waals surface area contributed by atoms with Crippen molar-refractivity contribution in [3.63, 3.8) is 0 Å². The Labute approximate surface area is 91.5 Å². The predicted octanol–water partition coefficient (Wildman–Crippen LogP) is 2.19. The van der Waals surface area contributed by atoms with Crippen molar-refractivity contribution in [2.75, 3.05) is 0 Å². The first-order valence-corrected chi connectivity index (χ1v) is 4.68. The van der Waals surface area contributed by atoms with Crippen molar-refractivity contribution >= 4 is 12.3 Å². The standard InChI is InChI=1S/C12H9NO3/c14-7-8-3-1-2-4-10(8)9-5-11(12(15)16)13-6-9/h1-7,13H,(H,15,16). The molecule has 0 fully saturated rings. The zero-order valence-corrected chi connectivity index (χ0v) is 8.31. The van der Waals surface area contributed by atoms with Crippen LogP contribution in [0.25, 0.3) is 11.1 Å². The van der Waals surface area contributed by atoms with Crippen LogP contribution in [0.2, 0.25) is 0 Å². The molecule has 1 heterocycles. The molecule has 0 radical (unpaired) electrons. The topological polar surface area (TPSA) is 70.2 Å². The molecule has 0 bridgehead atoms. The van der Waals surface area contributed by atoms with Crippen LogP contribution >= 0.6 is 0 Å². The van der Waals surface area contributed by atoms with Crippen molar-refractivity contribution in [2.45, 2.75) is 0 Å². The summed E-state index contributed by atoms with van der Waals surface area (Å²) in [6.45, 7) is 0. The lowest BCUT2D eigenvalue weighted by Crippen LogP contribution is -1.94. The van der Waals surface area contributed by atoms with E-state index in [9.17, 15) is 9.59 Å². The van der Waals surface area contributed by atoms with E-state index in [0.717, 1.165) is 11.8 Å². The quantitative estimate of drug-likeness (QED) is 0.771. The van der Waals surface area contributed by atoms with Crippen LogP contribution in [0.4, 0.5) is 0 Å². The summed E-state index contributed by atoms with van der Waals surface area (Å²) < 4.78 is 0. The zero-order valence-electron chi connectivity index (χ0n) is 8.31. The molecule has 2 N–H and O–H groups in total. The molecule has 0 unspecified atom stereocenters. The highest BCUT2D eigenvalue weighted by Crippen LogP contribution is 2.23. The molecule has 0 aliphatic heterocycles. The number of carboxylic acids is 1. The van der Waals surface area contributed by atoms with Gasteiger partial charge in [-0.3, -0.25) is 4.79 Å². The number of aromatic nitrogens is 1. The van der Waals surface area contributed by atoms with Crippen molar-refractivity contribution in [3.05, 3.63) is 47.8 Å². The van der Waals surface area contributed by atoms with Crippen LogP contribution in [0, 0.1) is 0 Å². The average Bonchev–Trinajstić information content (AvgIpc) is 2.78. The number of nitrogens with one attached hydrogen (secondary N) is 1. The highest BCUT2D eigenvalue weighted by atomic mass is 16.4. The highest BCUT2D eigenvalue weighted by molar-refractivity contribution is 5.91. The van der Waals surface area contributed by atoms with E-state index >= 15 is 0 Å². The molecule has 1 aromatic carbocycles. The molecule has 4 heteroatoms. The number of rotatable bonds is 3. The first-order chi connectivity index (χ1) is 7.72. The summed E-state index contributed by atoms with van der Waals surface area (Å²) in [4.78, 5) is 24.2. The first-order valence-electron chi connectivity index (χ1n) is 4.68. The van der Waals surface area contributed by atoms with Crippen LogP contribution in [0.1, 0.15) is 20.8 Å². The van der Waals surface area contributed by atoms with Gasteiger partial charge < -0.3 is 10.1 Å². The summed E-state index contributed by atoms with van der Waals surface area (Å²) in [6.07, 6.45) is 2.33. The van der Waals surface area contributed by atoms with Gasteiger partial charge in [-0.25, -0.2) is 4.79 Å². The second-order valence-electron chi connectivity index (χ2n) is 3.31. The average molecular weight is 215 g/mol.